The first-order chi connectivity index (χ1) is 9.74. The molecule has 0 aromatic carbocycles. The molecule has 3 atom stereocenters. The van der Waals surface area contributed by atoms with Crippen molar-refractivity contribution in [2.24, 2.45) is 5.92 Å². The normalized spacial score (nSPS) is 31.6. The minimum Gasteiger partial charge on any atom is -0.393 e. The van der Waals surface area contributed by atoms with Gasteiger partial charge in [-0.3, -0.25) is 9.88 Å². The third-order valence-electron chi connectivity index (χ3n) is 4.46. The summed E-state index contributed by atoms with van der Waals surface area (Å²) in [4.78, 5) is 6.45. The van der Waals surface area contributed by atoms with Crippen molar-refractivity contribution in [1.82, 2.24) is 9.88 Å². The third-order valence-corrected chi connectivity index (χ3v) is 4.46. The molecule has 20 heavy (non-hydrogen) atoms. The van der Waals surface area contributed by atoms with E-state index >= 15 is 0 Å². The highest BCUT2D eigenvalue weighted by Gasteiger charge is 2.37. The van der Waals surface area contributed by atoms with Crippen LogP contribution in [0.2, 0.25) is 0 Å². The highest BCUT2D eigenvalue weighted by Crippen LogP contribution is 2.32. The van der Waals surface area contributed by atoms with E-state index in [1.165, 1.54) is 12.3 Å². The van der Waals surface area contributed by atoms with Gasteiger partial charge in [-0.25, -0.2) is 4.39 Å². The zero-order valence-corrected chi connectivity index (χ0v) is 11.5. The second kappa shape index (κ2) is 6.16. The predicted molar refractivity (Wildman–Crippen MR) is 72.6 cm³/mol. The largest absolute Gasteiger partial charge is 0.393 e. The molecule has 3 unspecified atom stereocenters. The van der Waals surface area contributed by atoms with E-state index in [1.807, 2.05) is 0 Å². The standard InChI is InChI=1S/C15H21FN2O2/c16-11-4-5-12(17-8-11)9-18-6-7-20-10-14(18)13-2-1-3-15(13)19/h4-5,8,13-15,19H,1-3,6-7,9-10H2. The second-order valence-corrected chi connectivity index (χ2v) is 5.74. The van der Waals surface area contributed by atoms with Crippen molar-refractivity contribution in [2.45, 2.75) is 38.0 Å². The van der Waals surface area contributed by atoms with Crippen molar-refractivity contribution in [2.75, 3.05) is 19.8 Å². The summed E-state index contributed by atoms with van der Waals surface area (Å²) in [5.74, 6) is -0.0192. The van der Waals surface area contributed by atoms with E-state index in [9.17, 15) is 9.50 Å². The number of nitrogens with zero attached hydrogens (tertiary/aromatic N) is 2. The molecule has 2 aliphatic rings. The highest BCUT2D eigenvalue weighted by molar-refractivity contribution is 5.06. The molecular formula is C15H21FN2O2. The average molecular weight is 280 g/mol. The molecule has 5 heteroatoms. The Morgan fingerprint density at radius 2 is 2.30 bits per heavy atom. The lowest BCUT2D eigenvalue weighted by atomic mass is 9.94. The fourth-order valence-electron chi connectivity index (χ4n) is 3.37. The van der Waals surface area contributed by atoms with Gasteiger partial charge in [0.2, 0.25) is 0 Å². The van der Waals surface area contributed by atoms with Crippen LogP contribution in [0.25, 0.3) is 0 Å². The van der Waals surface area contributed by atoms with Crippen LogP contribution in [0.15, 0.2) is 18.3 Å². The molecule has 1 saturated carbocycles. The number of hydrogen-bond donors (Lipinski definition) is 1. The molecule has 110 valence electrons. The number of ether oxygens (including phenoxy) is 1. The molecule has 1 aromatic heterocycles. The van der Waals surface area contributed by atoms with Crippen LogP contribution in [0.5, 0.6) is 0 Å². The minimum absolute atomic E-state index is 0.217. The lowest BCUT2D eigenvalue weighted by Crippen LogP contribution is -2.50. The Labute approximate surface area is 118 Å². The Morgan fingerprint density at radius 1 is 1.40 bits per heavy atom. The van der Waals surface area contributed by atoms with Crippen molar-refractivity contribution in [3.8, 4) is 0 Å². The lowest BCUT2D eigenvalue weighted by molar-refractivity contribution is -0.0540. The van der Waals surface area contributed by atoms with Crippen LogP contribution in [-0.2, 0) is 11.3 Å². The van der Waals surface area contributed by atoms with E-state index in [-0.39, 0.29) is 23.9 Å². The maximum absolute atomic E-state index is 12.9. The molecule has 1 aliphatic carbocycles. The summed E-state index contributed by atoms with van der Waals surface area (Å²) in [6, 6.07) is 3.42. The predicted octanol–water partition coefficient (Wildman–Crippen LogP) is 1.58. The molecule has 0 amide bonds. The number of hydrogen-bond acceptors (Lipinski definition) is 4. The Kier molecular flexibility index (Phi) is 4.29. The van der Waals surface area contributed by atoms with Gasteiger partial charge in [0.1, 0.15) is 5.82 Å². The number of aliphatic hydroxyl groups is 1. The first-order valence-electron chi connectivity index (χ1n) is 7.34. The molecule has 0 radical (unpaired) electrons. The zero-order valence-electron chi connectivity index (χ0n) is 11.5. The number of aliphatic hydroxyl groups excluding tert-OH is 1. The third kappa shape index (κ3) is 3.00. The monoisotopic (exact) mass is 280 g/mol. The SMILES string of the molecule is OC1CCCC1C1COCCN1Cc1ccc(F)cn1. The number of aromatic nitrogens is 1. The molecule has 2 heterocycles. The molecule has 0 bridgehead atoms. The fourth-order valence-corrected chi connectivity index (χ4v) is 3.37. The van der Waals surface area contributed by atoms with Crippen molar-refractivity contribution >= 4 is 0 Å². The molecule has 1 aromatic rings. The molecule has 1 N–H and O–H groups in total. The molecule has 2 fully saturated rings. The van der Waals surface area contributed by atoms with E-state index in [1.54, 1.807) is 6.07 Å². The smallest absolute Gasteiger partial charge is 0.141 e. The number of morpholine rings is 1. The maximum Gasteiger partial charge on any atom is 0.141 e. The molecule has 3 rings (SSSR count). The van der Waals surface area contributed by atoms with Crippen molar-refractivity contribution in [1.29, 1.82) is 0 Å². The minimum atomic E-state index is -0.307. The summed E-state index contributed by atoms with van der Waals surface area (Å²) in [5.41, 5.74) is 0.866. The van der Waals surface area contributed by atoms with Gasteiger partial charge in [-0.1, -0.05) is 6.42 Å². The zero-order chi connectivity index (χ0) is 13.9. The number of pyridine rings is 1. The fraction of sp³-hybridized carbons (Fsp3) is 0.667. The summed E-state index contributed by atoms with van der Waals surface area (Å²) in [7, 11) is 0. The Hall–Kier alpha value is -1.04. The average Bonchev–Trinajstić information content (AvgIpc) is 2.88. The topological polar surface area (TPSA) is 45.6 Å². The van der Waals surface area contributed by atoms with Gasteiger partial charge in [0.05, 0.1) is 31.2 Å². The molecule has 1 saturated heterocycles. The number of halogens is 1. The van der Waals surface area contributed by atoms with E-state index in [0.717, 1.165) is 31.5 Å². The van der Waals surface area contributed by atoms with Gasteiger partial charge in [0.15, 0.2) is 0 Å². The summed E-state index contributed by atoms with van der Waals surface area (Å²) in [5, 5.41) is 10.1. The van der Waals surface area contributed by atoms with Crippen LogP contribution >= 0.6 is 0 Å². The van der Waals surface area contributed by atoms with E-state index < -0.39 is 0 Å². The van der Waals surface area contributed by atoms with Gasteiger partial charge < -0.3 is 9.84 Å². The van der Waals surface area contributed by atoms with E-state index in [2.05, 4.69) is 9.88 Å². The van der Waals surface area contributed by atoms with Gasteiger partial charge >= 0.3 is 0 Å². The second-order valence-electron chi connectivity index (χ2n) is 5.74. The van der Waals surface area contributed by atoms with Crippen molar-refractivity contribution in [3.05, 3.63) is 29.8 Å². The van der Waals surface area contributed by atoms with Gasteiger partial charge in [0, 0.05) is 25.0 Å². The van der Waals surface area contributed by atoms with Gasteiger partial charge in [-0.05, 0) is 25.0 Å². The molecular weight excluding hydrogens is 259 g/mol. The van der Waals surface area contributed by atoms with Gasteiger partial charge in [-0.2, -0.15) is 0 Å². The van der Waals surface area contributed by atoms with Crippen LogP contribution in [0.3, 0.4) is 0 Å². The van der Waals surface area contributed by atoms with Gasteiger partial charge in [-0.15, -0.1) is 0 Å². The van der Waals surface area contributed by atoms with Crippen molar-refractivity contribution in [3.63, 3.8) is 0 Å². The first-order valence-corrected chi connectivity index (χ1v) is 7.34. The summed E-state index contributed by atoms with van der Waals surface area (Å²) in [6.07, 6.45) is 4.08. The highest BCUT2D eigenvalue weighted by atomic mass is 19.1. The molecule has 0 spiro atoms. The van der Waals surface area contributed by atoms with Crippen LogP contribution < -0.4 is 0 Å². The maximum atomic E-state index is 12.9. The Bertz CT molecular complexity index is 440. The van der Waals surface area contributed by atoms with E-state index in [4.69, 9.17) is 4.74 Å². The number of rotatable bonds is 3. The van der Waals surface area contributed by atoms with Crippen LogP contribution in [0.1, 0.15) is 25.0 Å². The Balaban J connectivity index is 1.70. The Morgan fingerprint density at radius 3 is 3.00 bits per heavy atom. The van der Waals surface area contributed by atoms with Crippen molar-refractivity contribution < 1.29 is 14.2 Å². The summed E-state index contributed by atoms with van der Waals surface area (Å²) >= 11 is 0. The summed E-state index contributed by atoms with van der Waals surface area (Å²) in [6.45, 7) is 2.91. The molecule has 1 aliphatic heterocycles. The summed E-state index contributed by atoms with van der Waals surface area (Å²) < 4.78 is 18.5. The first kappa shape index (κ1) is 13.9. The van der Waals surface area contributed by atoms with Crippen LogP contribution in [0.4, 0.5) is 4.39 Å². The van der Waals surface area contributed by atoms with Gasteiger partial charge in [0.25, 0.3) is 0 Å². The van der Waals surface area contributed by atoms with Crippen LogP contribution in [-0.4, -0.2) is 46.9 Å². The molecule has 4 nitrogen and oxygen atoms in total. The van der Waals surface area contributed by atoms with E-state index in [0.29, 0.717) is 19.8 Å². The van der Waals surface area contributed by atoms with Crippen LogP contribution in [0, 0.1) is 11.7 Å². The quantitative estimate of drug-likeness (QED) is 0.913. The lowest BCUT2D eigenvalue weighted by Gasteiger charge is -2.39.